The molecule has 4 heteroatoms. The molecule has 2 atom stereocenters. The predicted octanol–water partition coefficient (Wildman–Crippen LogP) is 1.17. The summed E-state index contributed by atoms with van der Waals surface area (Å²) in [6.45, 7) is 1.95. The summed E-state index contributed by atoms with van der Waals surface area (Å²) >= 11 is 11.3. The molecule has 0 aliphatic carbocycles. The number of hydrogen-bond acceptors (Lipinski definition) is 2. The Morgan fingerprint density at radius 3 is 2.78 bits per heavy atom. The van der Waals surface area contributed by atoms with E-state index in [9.17, 15) is 0 Å². The van der Waals surface area contributed by atoms with Gasteiger partial charge in [0.2, 0.25) is 0 Å². The molecule has 2 N–H and O–H groups in total. The monoisotopic (exact) mass is 166 g/mol. The summed E-state index contributed by atoms with van der Waals surface area (Å²) in [5.74, 6) is 0. The zero-order valence-electron chi connectivity index (χ0n) is 4.99. The Bertz CT molecular complexity index is 135. The van der Waals surface area contributed by atoms with Crippen LogP contribution in [-0.2, 0) is 0 Å². The topological polar surface area (TPSA) is 24.1 Å². The molecule has 1 unspecified atom stereocenters. The van der Waals surface area contributed by atoms with Crippen molar-refractivity contribution >= 4 is 23.2 Å². The average Bonchev–Trinajstić information content (AvgIpc) is 1.59. The number of nitrogens with one attached hydrogen (secondary N) is 2. The summed E-state index contributed by atoms with van der Waals surface area (Å²) < 4.78 is 0. The minimum atomic E-state index is -0.145. The van der Waals surface area contributed by atoms with E-state index in [-0.39, 0.29) is 11.7 Å². The Balaban J connectivity index is 2.56. The van der Waals surface area contributed by atoms with Gasteiger partial charge in [0.25, 0.3) is 0 Å². The summed E-state index contributed by atoms with van der Waals surface area (Å²) in [5, 5.41) is 6.56. The smallest absolute Gasteiger partial charge is 0.106 e. The molecule has 0 aromatic carbocycles. The van der Waals surface area contributed by atoms with Crippen LogP contribution in [0.25, 0.3) is 0 Å². The van der Waals surface area contributed by atoms with E-state index in [1.54, 1.807) is 6.08 Å². The minimum absolute atomic E-state index is 0.145. The zero-order valence-corrected chi connectivity index (χ0v) is 6.50. The van der Waals surface area contributed by atoms with Crippen LogP contribution in [0.5, 0.6) is 0 Å². The van der Waals surface area contributed by atoms with Crippen LogP contribution < -0.4 is 10.6 Å². The second kappa shape index (κ2) is 2.78. The van der Waals surface area contributed by atoms with Gasteiger partial charge in [0.15, 0.2) is 0 Å². The summed E-state index contributed by atoms with van der Waals surface area (Å²) in [6, 6.07) is 0. The van der Waals surface area contributed by atoms with Gasteiger partial charge in [-0.25, -0.2) is 0 Å². The molecule has 9 heavy (non-hydrogen) atoms. The predicted molar refractivity (Wildman–Crippen MR) is 39.3 cm³/mol. The van der Waals surface area contributed by atoms with E-state index in [2.05, 4.69) is 10.6 Å². The fraction of sp³-hybridized carbons (Fsp3) is 0.600. The highest BCUT2D eigenvalue weighted by Gasteiger charge is 2.12. The van der Waals surface area contributed by atoms with Gasteiger partial charge in [-0.15, -0.1) is 11.6 Å². The normalized spacial score (nSPS) is 35.2. The molecule has 0 spiro atoms. The van der Waals surface area contributed by atoms with Crippen LogP contribution in [0.4, 0.5) is 0 Å². The Morgan fingerprint density at radius 1 is 1.67 bits per heavy atom. The molecule has 0 aromatic rings. The van der Waals surface area contributed by atoms with E-state index in [4.69, 9.17) is 23.2 Å². The number of hydrogen-bond donors (Lipinski definition) is 2. The molecular formula is C5H8Cl2N2. The van der Waals surface area contributed by atoms with Crippen LogP contribution in [0.15, 0.2) is 11.2 Å². The third-order valence-corrected chi connectivity index (χ3v) is 1.54. The SMILES string of the molecule is C[C@H]1NC(Cl)=CC(Cl)N1. The van der Waals surface area contributed by atoms with Crippen LogP contribution in [0.2, 0.25) is 0 Å². The minimum Gasteiger partial charge on any atom is -0.361 e. The highest BCUT2D eigenvalue weighted by Crippen LogP contribution is 2.08. The number of halogens is 2. The van der Waals surface area contributed by atoms with Gasteiger partial charge in [0.05, 0.1) is 6.17 Å². The molecule has 0 saturated heterocycles. The molecule has 0 aromatic heterocycles. The van der Waals surface area contributed by atoms with Gasteiger partial charge < -0.3 is 5.32 Å². The van der Waals surface area contributed by atoms with Gasteiger partial charge in [-0.1, -0.05) is 11.6 Å². The van der Waals surface area contributed by atoms with Crippen molar-refractivity contribution in [3.8, 4) is 0 Å². The van der Waals surface area contributed by atoms with E-state index in [0.29, 0.717) is 5.16 Å². The van der Waals surface area contributed by atoms with Crippen molar-refractivity contribution in [1.82, 2.24) is 10.6 Å². The van der Waals surface area contributed by atoms with Gasteiger partial charge in [-0.05, 0) is 13.0 Å². The van der Waals surface area contributed by atoms with E-state index in [0.717, 1.165) is 0 Å². The second-order valence-corrected chi connectivity index (χ2v) is 2.83. The van der Waals surface area contributed by atoms with Crippen molar-refractivity contribution < 1.29 is 0 Å². The molecule has 0 saturated carbocycles. The summed E-state index contributed by atoms with van der Waals surface area (Å²) in [6.07, 6.45) is 1.87. The average molecular weight is 167 g/mol. The Hall–Kier alpha value is 0.0800. The number of rotatable bonds is 0. The van der Waals surface area contributed by atoms with Crippen molar-refractivity contribution in [3.63, 3.8) is 0 Å². The molecule has 0 amide bonds. The maximum absolute atomic E-state index is 5.69. The van der Waals surface area contributed by atoms with Gasteiger partial charge in [-0.2, -0.15) is 0 Å². The van der Waals surface area contributed by atoms with Crippen molar-refractivity contribution in [2.45, 2.75) is 18.6 Å². The lowest BCUT2D eigenvalue weighted by Gasteiger charge is -2.23. The van der Waals surface area contributed by atoms with Crippen molar-refractivity contribution in [1.29, 1.82) is 0 Å². The lowest BCUT2D eigenvalue weighted by atomic mass is 10.4. The fourth-order valence-electron chi connectivity index (χ4n) is 0.712. The van der Waals surface area contributed by atoms with E-state index < -0.39 is 0 Å². The highest BCUT2D eigenvalue weighted by molar-refractivity contribution is 6.30. The van der Waals surface area contributed by atoms with Crippen molar-refractivity contribution in [2.75, 3.05) is 0 Å². The van der Waals surface area contributed by atoms with Crippen molar-refractivity contribution in [3.05, 3.63) is 11.2 Å². The Labute approximate surface area is 64.2 Å². The third-order valence-electron chi connectivity index (χ3n) is 1.06. The van der Waals surface area contributed by atoms with Crippen LogP contribution in [-0.4, -0.2) is 11.7 Å². The quantitative estimate of drug-likeness (QED) is 0.418. The fourth-order valence-corrected chi connectivity index (χ4v) is 1.38. The van der Waals surface area contributed by atoms with Crippen molar-refractivity contribution in [2.24, 2.45) is 0 Å². The second-order valence-electron chi connectivity index (χ2n) is 1.95. The lowest BCUT2D eigenvalue weighted by Crippen LogP contribution is -2.45. The first-order valence-corrected chi connectivity index (χ1v) is 3.54. The summed E-state index contributed by atoms with van der Waals surface area (Å²) in [7, 11) is 0. The van der Waals surface area contributed by atoms with E-state index >= 15 is 0 Å². The maximum Gasteiger partial charge on any atom is 0.106 e. The van der Waals surface area contributed by atoms with E-state index in [1.165, 1.54) is 0 Å². The molecule has 0 radical (unpaired) electrons. The molecule has 52 valence electrons. The van der Waals surface area contributed by atoms with Gasteiger partial charge in [0, 0.05) is 0 Å². The molecule has 2 nitrogen and oxygen atoms in total. The third kappa shape index (κ3) is 2.05. The van der Waals surface area contributed by atoms with Gasteiger partial charge in [-0.3, -0.25) is 5.32 Å². The standard InChI is InChI=1S/C5H8Cl2N2/c1-3-8-4(6)2-5(7)9-3/h2-4,8-9H,1H3/t3-,4?/m1/s1. The maximum atomic E-state index is 5.69. The van der Waals surface area contributed by atoms with E-state index in [1.807, 2.05) is 6.92 Å². The molecule has 1 rings (SSSR count). The van der Waals surface area contributed by atoms with Gasteiger partial charge >= 0.3 is 0 Å². The first-order valence-electron chi connectivity index (χ1n) is 2.72. The molecule has 0 bridgehead atoms. The molecular weight excluding hydrogens is 159 g/mol. The summed E-state index contributed by atoms with van der Waals surface area (Å²) in [5.41, 5.74) is -0.145. The van der Waals surface area contributed by atoms with Crippen LogP contribution in [0.1, 0.15) is 6.92 Å². The lowest BCUT2D eigenvalue weighted by molar-refractivity contribution is 0.488. The largest absolute Gasteiger partial charge is 0.361 e. The first-order chi connectivity index (χ1) is 4.18. The first kappa shape index (κ1) is 7.19. The Kier molecular flexibility index (Phi) is 2.22. The van der Waals surface area contributed by atoms with Crippen LogP contribution in [0.3, 0.4) is 0 Å². The highest BCUT2D eigenvalue weighted by atomic mass is 35.5. The molecule has 0 fully saturated rings. The van der Waals surface area contributed by atoms with Crippen LogP contribution in [0, 0.1) is 0 Å². The molecule has 1 aliphatic rings. The zero-order chi connectivity index (χ0) is 6.85. The number of alkyl halides is 1. The summed E-state index contributed by atoms with van der Waals surface area (Å²) in [4.78, 5) is 0. The molecule has 1 heterocycles. The van der Waals surface area contributed by atoms with Gasteiger partial charge in [0.1, 0.15) is 10.7 Å². The van der Waals surface area contributed by atoms with Crippen LogP contribution >= 0.6 is 23.2 Å². The Morgan fingerprint density at radius 2 is 2.33 bits per heavy atom. The molecule has 1 aliphatic heterocycles.